The van der Waals surface area contributed by atoms with Crippen molar-refractivity contribution < 1.29 is 9.53 Å². The average molecular weight is 262 g/mol. The van der Waals surface area contributed by atoms with Gasteiger partial charge in [-0.05, 0) is 43.3 Å². The van der Waals surface area contributed by atoms with E-state index in [1.54, 1.807) is 42.5 Å². The minimum atomic E-state index is -0.0271. The van der Waals surface area contributed by atoms with E-state index in [9.17, 15) is 4.79 Å². The van der Waals surface area contributed by atoms with Crippen LogP contribution in [-0.2, 0) is 0 Å². The third-order valence-corrected chi connectivity index (χ3v) is 2.75. The summed E-state index contributed by atoms with van der Waals surface area (Å²) in [5, 5.41) is 18.0. The zero-order valence-electron chi connectivity index (χ0n) is 10.8. The Morgan fingerprint density at radius 2 is 1.75 bits per heavy atom. The van der Waals surface area contributed by atoms with E-state index in [1.165, 1.54) is 6.92 Å². The topological polar surface area (TPSA) is 73.9 Å². The molecule has 0 aliphatic heterocycles. The van der Waals surface area contributed by atoms with Crippen molar-refractivity contribution in [2.45, 2.75) is 6.92 Å². The molecular formula is C16H10N2O2. The van der Waals surface area contributed by atoms with Gasteiger partial charge < -0.3 is 4.74 Å². The Hall–Kier alpha value is -3.11. The Kier molecular flexibility index (Phi) is 3.79. The molecular weight excluding hydrogens is 252 g/mol. The van der Waals surface area contributed by atoms with Gasteiger partial charge in [0.1, 0.15) is 29.2 Å². The number of hydrogen-bond acceptors (Lipinski definition) is 4. The minimum Gasteiger partial charge on any atom is -0.456 e. The van der Waals surface area contributed by atoms with Crippen LogP contribution in [0.2, 0.25) is 0 Å². The summed E-state index contributed by atoms with van der Waals surface area (Å²) >= 11 is 0. The third kappa shape index (κ3) is 2.66. The van der Waals surface area contributed by atoms with Crippen molar-refractivity contribution in [1.29, 1.82) is 10.5 Å². The van der Waals surface area contributed by atoms with Gasteiger partial charge in [-0.2, -0.15) is 10.5 Å². The number of rotatable bonds is 3. The highest BCUT2D eigenvalue weighted by molar-refractivity contribution is 5.94. The molecule has 0 unspecified atom stereocenters. The molecule has 0 bridgehead atoms. The van der Waals surface area contributed by atoms with Gasteiger partial charge in [0.2, 0.25) is 0 Å². The van der Waals surface area contributed by atoms with Crippen LogP contribution in [0.3, 0.4) is 0 Å². The highest BCUT2D eigenvalue weighted by atomic mass is 16.5. The Morgan fingerprint density at radius 1 is 1.05 bits per heavy atom. The molecule has 20 heavy (non-hydrogen) atoms. The summed E-state index contributed by atoms with van der Waals surface area (Å²) in [6.07, 6.45) is 0. The zero-order valence-corrected chi connectivity index (χ0v) is 10.8. The molecule has 0 spiro atoms. The Morgan fingerprint density at radius 3 is 2.30 bits per heavy atom. The molecule has 2 rings (SSSR count). The molecule has 4 heteroatoms. The SMILES string of the molecule is CC(=O)c1ccc(Oc2cccc(C#N)c2C#N)cc1. The predicted molar refractivity (Wildman–Crippen MR) is 72.4 cm³/mol. The number of nitrogens with zero attached hydrogens (tertiary/aromatic N) is 2. The summed E-state index contributed by atoms with van der Waals surface area (Å²) in [6.45, 7) is 1.49. The van der Waals surface area contributed by atoms with E-state index in [2.05, 4.69) is 0 Å². The van der Waals surface area contributed by atoms with E-state index in [1.807, 2.05) is 12.1 Å². The van der Waals surface area contributed by atoms with Crippen LogP contribution < -0.4 is 4.74 Å². The maximum atomic E-state index is 11.2. The number of ether oxygens (including phenoxy) is 1. The molecule has 2 aromatic carbocycles. The Labute approximate surface area is 116 Å². The van der Waals surface area contributed by atoms with Gasteiger partial charge in [0.05, 0.1) is 5.56 Å². The molecule has 96 valence electrons. The fraction of sp³-hybridized carbons (Fsp3) is 0.0625. The van der Waals surface area contributed by atoms with Crippen LogP contribution in [0.4, 0.5) is 0 Å². The van der Waals surface area contributed by atoms with Gasteiger partial charge in [0.15, 0.2) is 5.78 Å². The van der Waals surface area contributed by atoms with E-state index in [4.69, 9.17) is 15.3 Å². The maximum Gasteiger partial charge on any atom is 0.159 e. The summed E-state index contributed by atoms with van der Waals surface area (Å²) in [5.41, 5.74) is 1.06. The maximum absolute atomic E-state index is 11.2. The Bertz CT molecular complexity index is 735. The first kappa shape index (κ1) is 13.3. The first-order valence-corrected chi connectivity index (χ1v) is 5.87. The second-order valence-electron chi connectivity index (χ2n) is 4.08. The van der Waals surface area contributed by atoms with Gasteiger partial charge >= 0.3 is 0 Å². The normalized spacial score (nSPS) is 9.35. The molecule has 4 nitrogen and oxygen atoms in total. The molecule has 0 N–H and O–H groups in total. The van der Waals surface area contributed by atoms with E-state index in [0.717, 1.165) is 0 Å². The number of nitriles is 2. The highest BCUT2D eigenvalue weighted by Crippen LogP contribution is 2.27. The summed E-state index contributed by atoms with van der Waals surface area (Å²) < 4.78 is 5.59. The molecule has 0 amide bonds. The van der Waals surface area contributed by atoms with E-state index >= 15 is 0 Å². The summed E-state index contributed by atoms with van der Waals surface area (Å²) in [6, 6.07) is 15.3. The van der Waals surface area contributed by atoms with Crippen molar-refractivity contribution in [3.05, 3.63) is 59.2 Å². The van der Waals surface area contributed by atoms with Gasteiger partial charge in [0.25, 0.3) is 0 Å². The monoisotopic (exact) mass is 262 g/mol. The number of hydrogen-bond donors (Lipinski definition) is 0. The van der Waals surface area contributed by atoms with Crippen LogP contribution in [0.25, 0.3) is 0 Å². The van der Waals surface area contributed by atoms with E-state index in [0.29, 0.717) is 17.1 Å². The predicted octanol–water partition coefficient (Wildman–Crippen LogP) is 3.42. The molecule has 0 heterocycles. The molecule has 2 aromatic rings. The molecule has 0 atom stereocenters. The van der Waals surface area contributed by atoms with E-state index in [-0.39, 0.29) is 16.9 Å². The quantitative estimate of drug-likeness (QED) is 0.794. The average Bonchev–Trinajstić information content (AvgIpc) is 2.47. The zero-order chi connectivity index (χ0) is 14.5. The third-order valence-electron chi connectivity index (χ3n) is 2.75. The van der Waals surface area contributed by atoms with Gasteiger partial charge in [-0.1, -0.05) is 6.07 Å². The van der Waals surface area contributed by atoms with Crippen LogP contribution in [0.15, 0.2) is 42.5 Å². The van der Waals surface area contributed by atoms with Gasteiger partial charge in [-0.3, -0.25) is 4.79 Å². The molecule has 0 radical (unpaired) electrons. The second kappa shape index (κ2) is 5.69. The molecule has 0 aromatic heterocycles. The number of benzene rings is 2. The lowest BCUT2D eigenvalue weighted by Crippen LogP contribution is -1.93. The van der Waals surface area contributed by atoms with Crippen LogP contribution >= 0.6 is 0 Å². The van der Waals surface area contributed by atoms with Crippen molar-refractivity contribution in [2.24, 2.45) is 0 Å². The lowest BCUT2D eigenvalue weighted by molar-refractivity contribution is 0.101. The number of ketones is 1. The highest BCUT2D eigenvalue weighted by Gasteiger charge is 2.10. The molecule has 0 saturated carbocycles. The van der Waals surface area contributed by atoms with Crippen LogP contribution in [0.5, 0.6) is 11.5 Å². The van der Waals surface area contributed by atoms with Gasteiger partial charge in [-0.15, -0.1) is 0 Å². The minimum absolute atomic E-state index is 0.0271. The van der Waals surface area contributed by atoms with Crippen molar-refractivity contribution in [2.75, 3.05) is 0 Å². The van der Waals surface area contributed by atoms with Gasteiger partial charge in [0, 0.05) is 5.56 Å². The standard InChI is InChI=1S/C16H10N2O2/c1-11(19)12-5-7-14(8-6-12)20-16-4-2-3-13(9-17)15(16)10-18/h2-8H,1H3. The first-order valence-electron chi connectivity index (χ1n) is 5.87. The number of Topliss-reactive ketones (excluding diaryl/α,β-unsaturated/α-hetero) is 1. The second-order valence-corrected chi connectivity index (χ2v) is 4.08. The molecule has 0 fully saturated rings. The van der Waals surface area contributed by atoms with Crippen molar-refractivity contribution in [3.8, 4) is 23.6 Å². The van der Waals surface area contributed by atoms with Crippen LogP contribution in [0, 0.1) is 22.7 Å². The first-order chi connectivity index (χ1) is 9.65. The Balaban J connectivity index is 2.34. The largest absolute Gasteiger partial charge is 0.456 e. The van der Waals surface area contributed by atoms with Crippen LogP contribution in [-0.4, -0.2) is 5.78 Å². The molecule has 0 aliphatic rings. The summed E-state index contributed by atoms with van der Waals surface area (Å²) in [5.74, 6) is 0.796. The van der Waals surface area contributed by atoms with Crippen molar-refractivity contribution in [3.63, 3.8) is 0 Å². The smallest absolute Gasteiger partial charge is 0.159 e. The van der Waals surface area contributed by atoms with Crippen molar-refractivity contribution >= 4 is 5.78 Å². The fourth-order valence-corrected chi connectivity index (χ4v) is 1.71. The number of carbonyl (C=O) groups is 1. The molecule has 0 saturated heterocycles. The summed E-state index contributed by atoms with van der Waals surface area (Å²) in [7, 11) is 0. The number of carbonyl (C=O) groups excluding carboxylic acids is 1. The fourth-order valence-electron chi connectivity index (χ4n) is 1.71. The molecule has 0 aliphatic carbocycles. The lowest BCUT2D eigenvalue weighted by Gasteiger charge is -2.08. The van der Waals surface area contributed by atoms with E-state index < -0.39 is 0 Å². The van der Waals surface area contributed by atoms with Crippen molar-refractivity contribution in [1.82, 2.24) is 0 Å². The van der Waals surface area contributed by atoms with Gasteiger partial charge in [-0.25, -0.2) is 0 Å². The van der Waals surface area contributed by atoms with Crippen LogP contribution in [0.1, 0.15) is 28.4 Å². The lowest BCUT2D eigenvalue weighted by atomic mass is 10.1. The summed E-state index contributed by atoms with van der Waals surface area (Å²) in [4.78, 5) is 11.2.